The van der Waals surface area contributed by atoms with E-state index in [2.05, 4.69) is 32.2 Å². The Bertz CT molecular complexity index is 849. The molecular formula is C18H24N6O3. The summed E-state index contributed by atoms with van der Waals surface area (Å²) >= 11 is 0. The number of likely N-dealkylation sites (tertiary alicyclic amines) is 1. The number of carbonyl (C=O) groups excluding carboxylic acids is 2. The molecule has 1 aliphatic rings. The monoisotopic (exact) mass is 372 g/mol. The van der Waals surface area contributed by atoms with E-state index in [-0.39, 0.29) is 23.9 Å². The lowest BCUT2D eigenvalue weighted by molar-refractivity contribution is -0.127. The lowest BCUT2D eigenvalue weighted by atomic mass is 10.2. The summed E-state index contributed by atoms with van der Waals surface area (Å²) in [5.74, 6) is 0.243. The van der Waals surface area contributed by atoms with Gasteiger partial charge in [0.2, 0.25) is 5.91 Å². The molecule has 0 radical (unpaired) electrons. The first-order chi connectivity index (χ1) is 13.1. The molecule has 0 saturated carbocycles. The number of ether oxygens (including phenoxy) is 1. The Morgan fingerprint density at radius 3 is 3.04 bits per heavy atom. The number of H-pyrrole nitrogens is 1. The fraction of sp³-hybridized carbons (Fsp3) is 0.444. The van der Waals surface area contributed by atoms with Crippen LogP contribution in [0.4, 0.5) is 5.82 Å². The molecule has 0 bridgehead atoms. The van der Waals surface area contributed by atoms with Gasteiger partial charge in [0.15, 0.2) is 5.65 Å². The third kappa shape index (κ3) is 3.92. The number of methoxy groups -OCH3 is 1. The van der Waals surface area contributed by atoms with Crippen LogP contribution >= 0.6 is 0 Å². The summed E-state index contributed by atoms with van der Waals surface area (Å²) in [5, 5.41) is 6.08. The Balaban J connectivity index is 1.78. The highest BCUT2D eigenvalue weighted by molar-refractivity contribution is 6.04. The second-order valence-corrected chi connectivity index (χ2v) is 6.40. The van der Waals surface area contributed by atoms with Crippen LogP contribution in [0, 0.1) is 0 Å². The van der Waals surface area contributed by atoms with E-state index in [4.69, 9.17) is 4.74 Å². The predicted octanol–water partition coefficient (Wildman–Crippen LogP) is 0.921. The molecule has 9 heteroatoms. The first-order valence-electron chi connectivity index (χ1n) is 8.88. The quantitative estimate of drug-likeness (QED) is 0.623. The normalized spacial score (nSPS) is 19.3. The van der Waals surface area contributed by atoms with Crippen LogP contribution in [0.15, 0.2) is 25.0 Å². The fourth-order valence-electron chi connectivity index (χ4n) is 3.36. The molecule has 1 saturated heterocycles. The minimum atomic E-state index is -0.195. The molecule has 2 aromatic heterocycles. The lowest BCUT2D eigenvalue weighted by Gasteiger charge is -2.22. The van der Waals surface area contributed by atoms with Crippen molar-refractivity contribution in [2.24, 2.45) is 0 Å². The van der Waals surface area contributed by atoms with Crippen LogP contribution in [0.5, 0.6) is 0 Å². The number of carbonyl (C=O) groups is 2. The maximum atomic E-state index is 12.2. The minimum absolute atomic E-state index is 0.00709. The third-order valence-electron chi connectivity index (χ3n) is 4.55. The maximum absolute atomic E-state index is 12.2. The molecule has 0 aliphatic carbocycles. The van der Waals surface area contributed by atoms with Crippen LogP contribution in [-0.2, 0) is 9.53 Å². The Hall–Kier alpha value is -2.94. The number of anilines is 1. The van der Waals surface area contributed by atoms with E-state index in [1.807, 2.05) is 6.92 Å². The molecule has 3 N–H and O–H groups in total. The van der Waals surface area contributed by atoms with Crippen molar-refractivity contribution in [3.05, 3.63) is 30.6 Å². The van der Waals surface area contributed by atoms with Crippen molar-refractivity contribution >= 4 is 28.8 Å². The zero-order valence-electron chi connectivity index (χ0n) is 15.5. The van der Waals surface area contributed by atoms with Gasteiger partial charge in [0.05, 0.1) is 24.4 Å². The number of amides is 2. The van der Waals surface area contributed by atoms with Gasteiger partial charge in [-0.2, -0.15) is 0 Å². The van der Waals surface area contributed by atoms with Crippen molar-refractivity contribution in [1.29, 1.82) is 0 Å². The number of nitrogens with one attached hydrogen (secondary N) is 3. The Labute approximate surface area is 157 Å². The number of aromatic nitrogens is 3. The molecule has 0 unspecified atom stereocenters. The molecule has 2 aromatic rings. The SMILES string of the molecule is C=CC(=O)N1C[C@H](Nc2cnc3[nH]cc(C(=O)NCC)c3n2)C[C@H]1COC. The Morgan fingerprint density at radius 1 is 1.52 bits per heavy atom. The van der Waals surface area contributed by atoms with E-state index < -0.39 is 0 Å². The Morgan fingerprint density at radius 2 is 2.33 bits per heavy atom. The van der Waals surface area contributed by atoms with Gasteiger partial charge >= 0.3 is 0 Å². The van der Waals surface area contributed by atoms with E-state index in [1.165, 1.54) is 6.08 Å². The van der Waals surface area contributed by atoms with Crippen LogP contribution in [0.2, 0.25) is 0 Å². The van der Waals surface area contributed by atoms with E-state index in [9.17, 15) is 9.59 Å². The van der Waals surface area contributed by atoms with Gasteiger partial charge in [0, 0.05) is 32.4 Å². The molecule has 9 nitrogen and oxygen atoms in total. The summed E-state index contributed by atoms with van der Waals surface area (Å²) in [6, 6.07) is -0.0134. The van der Waals surface area contributed by atoms with Crippen LogP contribution < -0.4 is 10.6 Å². The predicted molar refractivity (Wildman–Crippen MR) is 101 cm³/mol. The molecule has 3 heterocycles. The van der Waals surface area contributed by atoms with Gasteiger partial charge in [-0.05, 0) is 19.4 Å². The molecule has 0 spiro atoms. The average Bonchev–Trinajstić information content (AvgIpc) is 3.25. The largest absolute Gasteiger partial charge is 0.383 e. The van der Waals surface area contributed by atoms with E-state index in [0.717, 1.165) is 6.42 Å². The van der Waals surface area contributed by atoms with Crippen LogP contribution in [-0.4, -0.2) is 70.6 Å². The lowest BCUT2D eigenvalue weighted by Crippen LogP contribution is -2.37. The molecule has 2 atom stereocenters. The first kappa shape index (κ1) is 18.8. The number of hydrogen-bond acceptors (Lipinski definition) is 6. The van der Waals surface area contributed by atoms with Crippen molar-refractivity contribution in [2.75, 3.05) is 32.1 Å². The fourth-order valence-corrected chi connectivity index (χ4v) is 3.36. The standard InChI is InChI=1S/C18H24N6O3/c1-4-15(25)24-9-11(6-12(24)10-27-3)22-14-8-21-17-16(23-14)13(7-20-17)18(26)19-5-2/h4,7-8,11-12H,1,5-6,9-10H2,2-3H3,(H,19,26)(H,20,21)(H,22,23)/t11-,12+/m1/s1. The van der Waals surface area contributed by atoms with Crippen molar-refractivity contribution < 1.29 is 14.3 Å². The number of rotatable bonds is 7. The van der Waals surface area contributed by atoms with Crippen molar-refractivity contribution in [3.8, 4) is 0 Å². The second kappa shape index (κ2) is 8.17. The zero-order valence-corrected chi connectivity index (χ0v) is 15.5. The number of fused-ring (bicyclic) bond motifs is 1. The van der Waals surface area contributed by atoms with E-state index in [0.29, 0.717) is 42.2 Å². The molecule has 144 valence electrons. The molecule has 1 aliphatic heterocycles. The first-order valence-corrected chi connectivity index (χ1v) is 8.88. The van der Waals surface area contributed by atoms with Gasteiger partial charge in [0.25, 0.3) is 5.91 Å². The highest BCUT2D eigenvalue weighted by Gasteiger charge is 2.34. The number of hydrogen-bond donors (Lipinski definition) is 3. The topological polar surface area (TPSA) is 112 Å². The van der Waals surface area contributed by atoms with Crippen molar-refractivity contribution in [2.45, 2.75) is 25.4 Å². The van der Waals surface area contributed by atoms with Gasteiger partial charge in [0.1, 0.15) is 11.3 Å². The van der Waals surface area contributed by atoms with Crippen molar-refractivity contribution in [1.82, 2.24) is 25.2 Å². The average molecular weight is 372 g/mol. The van der Waals surface area contributed by atoms with Crippen LogP contribution in [0.3, 0.4) is 0 Å². The Kier molecular flexibility index (Phi) is 5.70. The smallest absolute Gasteiger partial charge is 0.255 e. The molecule has 2 amide bonds. The second-order valence-electron chi connectivity index (χ2n) is 6.40. The van der Waals surface area contributed by atoms with E-state index in [1.54, 1.807) is 24.4 Å². The van der Waals surface area contributed by atoms with Gasteiger partial charge in [-0.1, -0.05) is 6.58 Å². The summed E-state index contributed by atoms with van der Waals surface area (Å²) in [6.07, 6.45) is 5.26. The maximum Gasteiger partial charge on any atom is 0.255 e. The third-order valence-corrected chi connectivity index (χ3v) is 4.55. The van der Waals surface area contributed by atoms with Crippen LogP contribution in [0.25, 0.3) is 11.2 Å². The van der Waals surface area contributed by atoms with Crippen molar-refractivity contribution in [3.63, 3.8) is 0 Å². The summed E-state index contributed by atoms with van der Waals surface area (Å²) in [5.41, 5.74) is 1.51. The molecule has 27 heavy (non-hydrogen) atoms. The van der Waals surface area contributed by atoms with Gasteiger partial charge in [-0.15, -0.1) is 0 Å². The number of nitrogens with zero attached hydrogens (tertiary/aromatic N) is 3. The van der Waals surface area contributed by atoms with Gasteiger partial charge in [-0.3, -0.25) is 9.59 Å². The molecule has 3 rings (SSSR count). The van der Waals surface area contributed by atoms with Gasteiger partial charge < -0.3 is 25.3 Å². The minimum Gasteiger partial charge on any atom is -0.383 e. The molecular weight excluding hydrogens is 348 g/mol. The van der Waals surface area contributed by atoms with E-state index >= 15 is 0 Å². The highest BCUT2D eigenvalue weighted by Crippen LogP contribution is 2.23. The highest BCUT2D eigenvalue weighted by atomic mass is 16.5. The molecule has 0 aromatic carbocycles. The summed E-state index contributed by atoms with van der Waals surface area (Å²) in [6.45, 7) is 6.94. The van der Waals surface area contributed by atoms with Gasteiger partial charge in [-0.25, -0.2) is 9.97 Å². The number of aromatic amines is 1. The summed E-state index contributed by atoms with van der Waals surface area (Å²) in [4.78, 5) is 37.8. The summed E-state index contributed by atoms with van der Waals surface area (Å²) < 4.78 is 5.23. The summed E-state index contributed by atoms with van der Waals surface area (Å²) in [7, 11) is 1.62. The van der Waals surface area contributed by atoms with Crippen LogP contribution in [0.1, 0.15) is 23.7 Å². The molecule has 1 fully saturated rings. The zero-order chi connectivity index (χ0) is 19.4.